The van der Waals surface area contributed by atoms with Gasteiger partial charge in [-0.15, -0.1) is 0 Å². The third kappa shape index (κ3) is 4.05. The van der Waals surface area contributed by atoms with Gasteiger partial charge >= 0.3 is 0 Å². The van der Waals surface area contributed by atoms with E-state index in [1.54, 1.807) is 0 Å². The van der Waals surface area contributed by atoms with Crippen LogP contribution in [0.25, 0.3) is 0 Å². The lowest BCUT2D eigenvalue weighted by Crippen LogP contribution is -1.91. The van der Waals surface area contributed by atoms with Crippen LogP contribution in [0, 0.1) is 0 Å². The standard InChI is InChI=1S/C16H22O3/c1-10(2)5-7-12-9-14(17)13(8-6-11(3)4)16(19)15(12)18/h5-6,9,17-19H,7-8H2,1-4H3. The molecule has 0 unspecified atom stereocenters. The number of aromatic hydroxyl groups is 3. The zero-order valence-corrected chi connectivity index (χ0v) is 12.0. The highest BCUT2D eigenvalue weighted by Crippen LogP contribution is 2.39. The van der Waals surface area contributed by atoms with Gasteiger partial charge in [-0.2, -0.15) is 0 Å². The lowest BCUT2D eigenvalue weighted by molar-refractivity contribution is 0.387. The van der Waals surface area contributed by atoms with E-state index in [1.165, 1.54) is 6.07 Å². The molecule has 0 aliphatic carbocycles. The van der Waals surface area contributed by atoms with Gasteiger partial charge in [0.2, 0.25) is 0 Å². The average Bonchev–Trinajstić information content (AvgIpc) is 2.31. The van der Waals surface area contributed by atoms with Crippen molar-refractivity contribution < 1.29 is 15.3 Å². The van der Waals surface area contributed by atoms with Gasteiger partial charge in [0.05, 0.1) is 0 Å². The van der Waals surface area contributed by atoms with E-state index in [1.807, 2.05) is 39.8 Å². The second kappa shape index (κ2) is 6.32. The minimum Gasteiger partial charge on any atom is -0.508 e. The Morgan fingerprint density at radius 1 is 0.895 bits per heavy atom. The Balaban J connectivity index is 3.15. The summed E-state index contributed by atoms with van der Waals surface area (Å²) in [7, 11) is 0. The number of benzene rings is 1. The molecular weight excluding hydrogens is 240 g/mol. The van der Waals surface area contributed by atoms with Crippen molar-refractivity contribution >= 4 is 0 Å². The lowest BCUT2D eigenvalue weighted by atomic mass is 10.0. The van der Waals surface area contributed by atoms with Crippen LogP contribution in [0.5, 0.6) is 17.2 Å². The highest BCUT2D eigenvalue weighted by molar-refractivity contribution is 5.57. The molecule has 1 rings (SSSR count). The van der Waals surface area contributed by atoms with Crippen molar-refractivity contribution in [1.29, 1.82) is 0 Å². The average molecular weight is 262 g/mol. The molecule has 0 aromatic heterocycles. The number of phenolic OH excluding ortho intramolecular Hbond substituents is 3. The first-order valence-corrected chi connectivity index (χ1v) is 6.35. The summed E-state index contributed by atoms with van der Waals surface area (Å²) in [6.07, 6.45) is 4.71. The number of phenols is 3. The third-order valence-electron chi connectivity index (χ3n) is 2.88. The van der Waals surface area contributed by atoms with Crippen LogP contribution in [-0.2, 0) is 12.8 Å². The van der Waals surface area contributed by atoms with Crippen LogP contribution in [0.4, 0.5) is 0 Å². The molecule has 104 valence electrons. The molecule has 0 amide bonds. The fraction of sp³-hybridized carbons (Fsp3) is 0.375. The molecule has 3 N–H and O–H groups in total. The Labute approximate surface area is 114 Å². The van der Waals surface area contributed by atoms with E-state index >= 15 is 0 Å². The largest absolute Gasteiger partial charge is 0.508 e. The van der Waals surface area contributed by atoms with Gasteiger partial charge in [0.15, 0.2) is 11.5 Å². The Morgan fingerprint density at radius 2 is 1.42 bits per heavy atom. The molecule has 1 aromatic rings. The molecule has 3 nitrogen and oxygen atoms in total. The van der Waals surface area contributed by atoms with Crippen molar-refractivity contribution in [3.05, 3.63) is 40.5 Å². The highest BCUT2D eigenvalue weighted by Gasteiger charge is 2.15. The van der Waals surface area contributed by atoms with E-state index in [9.17, 15) is 15.3 Å². The summed E-state index contributed by atoms with van der Waals surface area (Å²) < 4.78 is 0. The maximum absolute atomic E-state index is 9.98. The molecule has 1 aromatic carbocycles. The van der Waals surface area contributed by atoms with E-state index in [0.717, 1.165) is 11.1 Å². The van der Waals surface area contributed by atoms with Gasteiger partial charge in [0.25, 0.3) is 0 Å². The van der Waals surface area contributed by atoms with Crippen LogP contribution >= 0.6 is 0 Å². The first-order valence-electron chi connectivity index (χ1n) is 6.35. The molecule has 0 radical (unpaired) electrons. The van der Waals surface area contributed by atoms with E-state index in [0.29, 0.717) is 24.0 Å². The molecule has 0 saturated carbocycles. The topological polar surface area (TPSA) is 60.7 Å². The normalized spacial score (nSPS) is 10.1. The van der Waals surface area contributed by atoms with Crippen LogP contribution < -0.4 is 0 Å². The minimum atomic E-state index is -0.227. The third-order valence-corrected chi connectivity index (χ3v) is 2.88. The summed E-state index contributed by atoms with van der Waals surface area (Å²) in [6.45, 7) is 7.80. The first-order chi connectivity index (χ1) is 8.82. The molecule has 0 heterocycles. The molecule has 19 heavy (non-hydrogen) atoms. The summed E-state index contributed by atoms with van der Waals surface area (Å²) in [6, 6.07) is 1.52. The summed E-state index contributed by atoms with van der Waals surface area (Å²) in [5.41, 5.74) is 3.09. The zero-order valence-electron chi connectivity index (χ0n) is 12.0. The first kappa shape index (κ1) is 15.2. The second-order valence-corrected chi connectivity index (χ2v) is 5.20. The van der Waals surface area contributed by atoms with E-state index in [4.69, 9.17) is 0 Å². The number of hydrogen-bond donors (Lipinski definition) is 3. The van der Waals surface area contributed by atoms with Gasteiger partial charge in [0.1, 0.15) is 5.75 Å². The summed E-state index contributed by atoms with van der Waals surface area (Å²) in [5.74, 6) is -0.355. The molecule has 0 saturated heterocycles. The number of rotatable bonds is 4. The van der Waals surface area contributed by atoms with Gasteiger partial charge < -0.3 is 15.3 Å². The van der Waals surface area contributed by atoms with Crippen LogP contribution in [0.3, 0.4) is 0 Å². The van der Waals surface area contributed by atoms with Crippen molar-refractivity contribution in [3.63, 3.8) is 0 Å². The SMILES string of the molecule is CC(C)=CCc1cc(O)c(CC=C(C)C)c(O)c1O. The van der Waals surface area contributed by atoms with E-state index in [-0.39, 0.29) is 17.2 Å². The highest BCUT2D eigenvalue weighted by atomic mass is 16.3. The predicted octanol–water partition coefficient (Wildman–Crippen LogP) is 3.82. The van der Waals surface area contributed by atoms with Gasteiger partial charge in [-0.25, -0.2) is 0 Å². The Kier molecular flexibility index (Phi) is 5.04. The van der Waals surface area contributed by atoms with Crippen molar-refractivity contribution in [2.24, 2.45) is 0 Å². The van der Waals surface area contributed by atoms with Crippen LogP contribution in [0.15, 0.2) is 29.4 Å². The van der Waals surface area contributed by atoms with E-state index in [2.05, 4.69) is 0 Å². The quantitative estimate of drug-likeness (QED) is 0.439. The van der Waals surface area contributed by atoms with Gasteiger partial charge in [-0.05, 0) is 46.6 Å². The van der Waals surface area contributed by atoms with Crippen LogP contribution in [-0.4, -0.2) is 15.3 Å². The second-order valence-electron chi connectivity index (χ2n) is 5.20. The summed E-state index contributed by atoms with van der Waals surface area (Å²) in [4.78, 5) is 0. The molecule has 0 aliphatic rings. The summed E-state index contributed by atoms with van der Waals surface area (Å²) >= 11 is 0. The molecule has 0 fully saturated rings. The van der Waals surface area contributed by atoms with Crippen LogP contribution in [0.1, 0.15) is 38.8 Å². The van der Waals surface area contributed by atoms with Crippen LogP contribution in [0.2, 0.25) is 0 Å². The smallest absolute Gasteiger partial charge is 0.165 e. The van der Waals surface area contributed by atoms with Crippen molar-refractivity contribution in [2.75, 3.05) is 0 Å². The predicted molar refractivity (Wildman–Crippen MR) is 77.7 cm³/mol. The number of hydrogen-bond acceptors (Lipinski definition) is 3. The Bertz CT molecular complexity index is 517. The lowest BCUT2D eigenvalue weighted by Gasteiger charge is -2.11. The van der Waals surface area contributed by atoms with Crippen molar-refractivity contribution in [3.8, 4) is 17.2 Å². The van der Waals surface area contributed by atoms with Crippen molar-refractivity contribution in [1.82, 2.24) is 0 Å². The maximum atomic E-state index is 9.98. The van der Waals surface area contributed by atoms with Crippen molar-refractivity contribution in [2.45, 2.75) is 40.5 Å². The fourth-order valence-electron chi connectivity index (χ4n) is 1.71. The zero-order chi connectivity index (χ0) is 14.6. The summed E-state index contributed by atoms with van der Waals surface area (Å²) in [5, 5.41) is 29.9. The van der Waals surface area contributed by atoms with E-state index < -0.39 is 0 Å². The number of allylic oxidation sites excluding steroid dienone is 4. The minimum absolute atomic E-state index is 0.0185. The molecular formula is C16H22O3. The Hall–Kier alpha value is -1.90. The van der Waals surface area contributed by atoms with Gasteiger partial charge in [0, 0.05) is 11.1 Å². The molecule has 0 atom stereocenters. The van der Waals surface area contributed by atoms with Gasteiger partial charge in [-0.3, -0.25) is 0 Å². The Morgan fingerprint density at radius 3 is 1.95 bits per heavy atom. The molecule has 0 spiro atoms. The molecule has 0 bridgehead atoms. The van der Waals surface area contributed by atoms with Gasteiger partial charge in [-0.1, -0.05) is 23.3 Å². The maximum Gasteiger partial charge on any atom is 0.165 e. The monoisotopic (exact) mass is 262 g/mol. The fourth-order valence-corrected chi connectivity index (χ4v) is 1.71. The molecule has 3 heteroatoms. The molecule has 0 aliphatic heterocycles.